The molecular formula is C13H16N2O. The number of carbonyl (C=O) groups is 1. The van der Waals surface area contributed by atoms with Crippen molar-refractivity contribution in [1.82, 2.24) is 10.6 Å². The summed E-state index contributed by atoms with van der Waals surface area (Å²) in [5, 5.41) is 5.78. The summed E-state index contributed by atoms with van der Waals surface area (Å²) in [6, 6.07) is 7.52. The van der Waals surface area contributed by atoms with Crippen molar-refractivity contribution in [3.8, 4) is 11.8 Å². The molecule has 84 valence electrons. The van der Waals surface area contributed by atoms with Gasteiger partial charge >= 0.3 is 0 Å². The number of hydrogen-bond donors (Lipinski definition) is 2. The van der Waals surface area contributed by atoms with E-state index in [1.54, 1.807) is 7.05 Å². The van der Waals surface area contributed by atoms with Crippen LogP contribution >= 0.6 is 0 Å². The molecule has 0 atom stereocenters. The van der Waals surface area contributed by atoms with Crippen molar-refractivity contribution in [2.24, 2.45) is 0 Å². The fraction of sp³-hybridized carbons (Fsp3) is 0.308. The Morgan fingerprint density at radius 1 is 1.31 bits per heavy atom. The van der Waals surface area contributed by atoms with Crippen molar-refractivity contribution in [2.45, 2.75) is 13.5 Å². The molecule has 0 heterocycles. The van der Waals surface area contributed by atoms with Gasteiger partial charge in [-0.2, -0.15) is 0 Å². The van der Waals surface area contributed by atoms with E-state index < -0.39 is 0 Å². The van der Waals surface area contributed by atoms with Crippen LogP contribution in [-0.4, -0.2) is 19.5 Å². The smallest absolute Gasteiger partial charge is 0.251 e. The number of amides is 1. The van der Waals surface area contributed by atoms with Gasteiger partial charge in [0.1, 0.15) is 0 Å². The Labute approximate surface area is 96.2 Å². The lowest BCUT2D eigenvalue weighted by atomic mass is 10.1. The maximum absolute atomic E-state index is 11.3. The third-order valence-corrected chi connectivity index (χ3v) is 2.16. The predicted molar refractivity (Wildman–Crippen MR) is 65.0 cm³/mol. The van der Waals surface area contributed by atoms with E-state index >= 15 is 0 Å². The molecule has 0 saturated carbocycles. The second-order valence-corrected chi connectivity index (χ2v) is 3.31. The molecule has 1 rings (SSSR count). The molecule has 0 saturated heterocycles. The van der Waals surface area contributed by atoms with E-state index in [-0.39, 0.29) is 5.91 Å². The van der Waals surface area contributed by atoms with Crippen molar-refractivity contribution in [3.63, 3.8) is 0 Å². The van der Waals surface area contributed by atoms with Crippen LogP contribution in [0.3, 0.4) is 0 Å². The largest absolute Gasteiger partial charge is 0.355 e. The first-order valence-corrected chi connectivity index (χ1v) is 5.19. The molecule has 1 amide bonds. The predicted octanol–water partition coefficient (Wildman–Crippen LogP) is 1.16. The van der Waals surface area contributed by atoms with Crippen LogP contribution in [0, 0.1) is 11.8 Å². The zero-order valence-electron chi connectivity index (χ0n) is 9.63. The molecule has 3 heteroatoms. The Kier molecular flexibility index (Phi) is 5.10. The van der Waals surface area contributed by atoms with Crippen molar-refractivity contribution in [1.29, 1.82) is 0 Å². The van der Waals surface area contributed by atoms with E-state index in [0.717, 1.165) is 12.1 Å². The van der Waals surface area contributed by atoms with Gasteiger partial charge in [0, 0.05) is 19.2 Å². The lowest BCUT2D eigenvalue weighted by Gasteiger charge is -2.03. The van der Waals surface area contributed by atoms with Crippen LogP contribution in [0.4, 0.5) is 0 Å². The highest BCUT2D eigenvalue weighted by Crippen LogP contribution is 2.03. The molecule has 0 bridgehead atoms. The SMILES string of the molecule is CC#CCNCc1ccc(C(=O)NC)cc1. The van der Waals surface area contributed by atoms with Gasteiger partial charge in [-0.3, -0.25) is 4.79 Å². The average Bonchev–Trinajstić information content (AvgIpc) is 2.34. The lowest BCUT2D eigenvalue weighted by molar-refractivity contribution is 0.0963. The zero-order valence-corrected chi connectivity index (χ0v) is 9.63. The quantitative estimate of drug-likeness (QED) is 0.586. The maximum Gasteiger partial charge on any atom is 0.251 e. The molecule has 1 aromatic rings. The van der Waals surface area contributed by atoms with E-state index in [1.165, 1.54) is 0 Å². The fourth-order valence-corrected chi connectivity index (χ4v) is 1.28. The van der Waals surface area contributed by atoms with E-state index in [0.29, 0.717) is 12.1 Å². The summed E-state index contributed by atoms with van der Waals surface area (Å²) < 4.78 is 0. The summed E-state index contributed by atoms with van der Waals surface area (Å²) in [5.74, 6) is 5.69. The van der Waals surface area contributed by atoms with Crippen LogP contribution in [0.2, 0.25) is 0 Å². The first-order valence-electron chi connectivity index (χ1n) is 5.19. The van der Waals surface area contributed by atoms with Gasteiger partial charge in [0.05, 0.1) is 6.54 Å². The van der Waals surface area contributed by atoms with Gasteiger partial charge in [0.15, 0.2) is 0 Å². The van der Waals surface area contributed by atoms with Crippen LogP contribution in [0.15, 0.2) is 24.3 Å². The fourth-order valence-electron chi connectivity index (χ4n) is 1.28. The number of benzene rings is 1. The molecule has 0 aliphatic carbocycles. The summed E-state index contributed by atoms with van der Waals surface area (Å²) in [7, 11) is 1.63. The molecule has 2 N–H and O–H groups in total. The highest BCUT2D eigenvalue weighted by Gasteiger charge is 2.01. The Morgan fingerprint density at radius 3 is 2.56 bits per heavy atom. The summed E-state index contributed by atoms with van der Waals surface area (Å²) >= 11 is 0. The maximum atomic E-state index is 11.3. The second kappa shape index (κ2) is 6.65. The van der Waals surface area contributed by atoms with Crippen molar-refractivity contribution in [2.75, 3.05) is 13.6 Å². The molecule has 0 fully saturated rings. The molecule has 1 aromatic carbocycles. The molecule has 3 nitrogen and oxygen atoms in total. The van der Waals surface area contributed by atoms with Gasteiger partial charge in [-0.15, -0.1) is 5.92 Å². The minimum Gasteiger partial charge on any atom is -0.355 e. The van der Waals surface area contributed by atoms with Gasteiger partial charge in [-0.25, -0.2) is 0 Å². The molecule has 16 heavy (non-hydrogen) atoms. The standard InChI is InChI=1S/C13H16N2O/c1-3-4-9-15-10-11-5-7-12(8-6-11)13(16)14-2/h5-8,15H,9-10H2,1-2H3,(H,14,16). The molecule has 0 aromatic heterocycles. The first-order chi connectivity index (χ1) is 7.77. The van der Waals surface area contributed by atoms with Crippen molar-refractivity contribution >= 4 is 5.91 Å². The summed E-state index contributed by atoms with van der Waals surface area (Å²) in [6.07, 6.45) is 0. The molecular weight excluding hydrogens is 200 g/mol. The van der Waals surface area contributed by atoms with Gasteiger partial charge < -0.3 is 10.6 Å². The van der Waals surface area contributed by atoms with Crippen LogP contribution < -0.4 is 10.6 Å². The molecule has 0 aliphatic rings. The minimum absolute atomic E-state index is 0.0589. The van der Waals surface area contributed by atoms with E-state index in [9.17, 15) is 4.79 Å². The van der Waals surface area contributed by atoms with E-state index in [2.05, 4.69) is 22.5 Å². The molecule has 0 radical (unpaired) electrons. The highest BCUT2D eigenvalue weighted by atomic mass is 16.1. The molecule has 0 spiro atoms. The van der Waals surface area contributed by atoms with Gasteiger partial charge in [-0.05, 0) is 24.6 Å². The van der Waals surface area contributed by atoms with Gasteiger partial charge in [0.25, 0.3) is 5.91 Å². The van der Waals surface area contributed by atoms with Gasteiger partial charge in [0.2, 0.25) is 0 Å². The highest BCUT2D eigenvalue weighted by molar-refractivity contribution is 5.93. The Balaban J connectivity index is 2.50. The van der Waals surface area contributed by atoms with Crippen LogP contribution in [0.5, 0.6) is 0 Å². The van der Waals surface area contributed by atoms with Crippen molar-refractivity contribution in [3.05, 3.63) is 35.4 Å². The second-order valence-electron chi connectivity index (χ2n) is 3.31. The zero-order chi connectivity index (χ0) is 11.8. The lowest BCUT2D eigenvalue weighted by Crippen LogP contribution is -2.18. The summed E-state index contributed by atoms with van der Waals surface area (Å²) in [4.78, 5) is 11.3. The van der Waals surface area contributed by atoms with Crippen LogP contribution in [0.25, 0.3) is 0 Å². The summed E-state index contributed by atoms with van der Waals surface area (Å²) in [6.45, 7) is 3.27. The van der Waals surface area contributed by atoms with E-state index in [4.69, 9.17) is 0 Å². The van der Waals surface area contributed by atoms with E-state index in [1.807, 2.05) is 31.2 Å². The average molecular weight is 216 g/mol. The van der Waals surface area contributed by atoms with Crippen LogP contribution in [0.1, 0.15) is 22.8 Å². The number of hydrogen-bond acceptors (Lipinski definition) is 2. The third kappa shape index (κ3) is 3.76. The van der Waals surface area contributed by atoms with Crippen LogP contribution in [-0.2, 0) is 6.54 Å². The third-order valence-electron chi connectivity index (χ3n) is 2.16. The van der Waals surface area contributed by atoms with Crippen molar-refractivity contribution < 1.29 is 4.79 Å². The normalized spacial score (nSPS) is 9.12. The summed E-state index contributed by atoms with van der Waals surface area (Å²) in [5.41, 5.74) is 1.82. The minimum atomic E-state index is -0.0589. The monoisotopic (exact) mass is 216 g/mol. The Morgan fingerprint density at radius 2 is 2.00 bits per heavy atom. The number of carbonyl (C=O) groups excluding carboxylic acids is 1. The topological polar surface area (TPSA) is 41.1 Å². The number of nitrogens with one attached hydrogen (secondary N) is 2. The van der Waals surface area contributed by atoms with Gasteiger partial charge in [-0.1, -0.05) is 18.1 Å². The molecule has 0 unspecified atom stereocenters. The molecule has 0 aliphatic heterocycles. The Hall–Kier alpha value is -1.79. The first kappa shape index (κ1) is 12.3. The Bertz CT molecular complexity index is 398. The number of rotatable bonds is 4.